The van der Waals surface area contributed by atoms with E-state index in [0.29, 0.717) is 17.4 Å². The lowest BCUT2D eigenvalue weighted by atomic mass is 9.71. The predicted molar refractivity (Wildman–Crippen MR) is 73.1 cm³/mol. The summed E-state index contributed by atoms with van der Waals surface area (Å²) in [5.74, 6) is 0.687. The van der Waals surface area contributed by atoms with E-state index in [4.69, 9.17) is 4.74 Å². The van der Waals surface area contributed by atoms with Crippen LogP contribution in [0.1, 0.15) is 60.8 Å². The van der Waals surface area contributed by atoms with Crippen LogP contribution in [0.15, 0.2) is 0 Å². The van der Waals surface area contributed by atoms with Gasteiger partial charge < -0.3 is 4.74 Å². The maximum absolute atomic E-state index is 11.5. The lowest BCUT2D eigenvalue weighted by Crippen LogP contribution is -2.50. The number of carbonyl (C=O) groups is 1. The molecule has 0 heterocycles. The van der Waals surface area contributed by atoms with Crippen molar-refractivity contribution < 1.29 is 9.53 Å². The minimum absolute atomic E-state index is 0.330. The average molecular weight is 256 g/mol. The minimum Gasteiger partial charge on any atom is -0.443 e. The second-order valence-electron chi connectivity index (χ2n) is 7.38. The zero-order chi connectivity index (χ0) is 14.0. The van der Waals surface area contributed by atoms with Crippen molar-refractivity contribution in [1.82, 2.24) is 10.9 Å². The fraction of sp³-hybridized carbons (Fsp3) is 0.929. The van der Waals surface area contributed by atoms with Gasteiger partial charge in [-0.2, -0.15) is 0 Å². The standard InChI is InChI=1S/C14H28N2O2/c1-10-7-11(9-14(5,6)8-10)15-16-12(17)18-13(2,3)4/h10-11,15H,7-9H2,1-6H3,(H,16,17). The quantitative estimate of drug-likeness (QED) is 0.746. The summed E-state index contributed by atoms with van der Waals surface area (Å²) in [7, 11) is 0. The van der Waals surface area contributed by atoms with Gasteiger partial charge >= 0.3 is 6.09 Å². The molecule has 18 heavy (non-hydrogen) atoms. The van der Waals surface area contributed by atoms with E-state index in [2.05, 4.69) is 31.6 Å². The zero-order valence-corrected chi connectivity index (χ0v) is 12.6. The number of ether oxygens (including phenoxy) is 1. The Bertz CT molecular complexity index is 295. The molecule has 1 saturated carbocycles. The largest absolute Gasteiger partial charge is 0.443 e. The van der Waals surface area contributed by atoms with Crippen LogP contribution in [0, 0.1) is 11.3 Å². The Kier molecular flexibility index (Phi) is 4.65. The highest BCUT2D eigenvalue weighted by Crippen LogP contribution is 2.38. The number of hydrogen-bond acceptors (Lipinski definition) is 3. The molecule has 1 fully saturated rings. The molecule has 0 aromatic rings. The second kappa shape index (κ2) is 5.47. The Hall–Kier alpha value is -0.770. The van der Waals surface area contributed by atoms with Crippen molar-refractivity contribution in [3.8, 4) is 0 Å². The normalized spacial score (nSPS) is 27.7. The Labute approximate surface area is 111 Å². The average Bonchev–Trinajstić information content (AvgIpc) is 2.08. The van der Waals surface area contributed by atoms with Crippen molar-refractivity contribution in [2.24, 2.45) is 11.3 Å². The van der Waals surface area contributed by atoms with Crippen LogP contribution >= 0.6 is 0 Å². The van der Waals surface area contributed by atoms with Crippen LogP contribution in [0.4, 0.5) is 4.79 Å². The third-order valence-corrected chi connectivity index (χ3v) is 3.16. The summed E-state index contributed by atoms with van der Waals surface area (Å²) in [6.45, 7) is 12.4. The number of amides is 1. The third-order valence-electron chi connectivity index (χ3n) is 3.16. The third kappa shape index (κ3) is 5.71. The van der Waals surface area contributed by atoms with E-state index in [9.17, 15) is 4.79 Å². The number of rotatable bonds is 2. The fourth-order valence-electron chi connectivity index (χ4n) is 2.92. The van der Waals surface area contributed by atoms with Crippen LogP contribution < -0.4 is 10.9 Å². The molecule has 0 radical (unpaired) electrons. The van der Waals surface area contributed by atoms with E-state index < -0.39 is 11.7 Å². The van der Waals surface area contributed by atoms with Crippen LogP contribution in [0.25, 0.3) is 0 Å². The Morgan fingerprint density at radius 3 is 2.39 bits per heavy atom. The lowest BCUT2D eigenvalue weighted by molar-refractivity contribution is 0.0458. The lowest BCUT2D eigenvalue weighted by Gasteiger charge is -2.39. The van der Waals surface area contributed by atoms with Gasteiger partial charge in [0.15, 0.2) is 0 Å². The number of nitrogens with one attached hydrogen (secondary N) is 2. The van der Waals surface area contributed by atoms with Gasteiger partial charge in [0.1, 0.15) is 5.60 Å². The molecule has 0 aliphatic heterocycles. The smallest absolute Gasteiger partial charge is 0.422 e. The molecule has 1 amide bonds. The zero-order valence-electron chi connectivity index (χ0n) is 12.6. The van der Waals surface area contributed by atoms with E-state index in [0.717, 1.165) is 12.8 Å². The summed E-state index contributed by atoms with van der Waals surface area (Å²) >= 11 is 0. The summed E-state index contributed by atoms with van der Waals surface area (Å²) in [5.41, 5.74) is 5.65. The Morgan fingerprint density at radius 1 is 1.28 bits per heavy atom. The number of hydrogen-bond donors (Lipinski definition) is 2. The monoisotopic (exact) mass is 256 g/mol. The molecule has 0 spiro atoms. The molecule has 2 unspecified atom stereocenters. The van der Waals surface area contributed by atoms with Crippen LogP contribution in [-0.4, -0.2) is 17.7 Å². The van der Waals surface area contributed by atoms with Gasteiger partial charge in [-0.15, -0.1) is 0 Å². The van der Waals surface area contributed by atoms with Crippen LogP contribution in [0.5, 0.6) is 0 Å². The van der Waals surface area contributed by atoms with Gasteiger partial charge in [-0.1, -0.05) is 20.8 Å². The first-order valence-corrected chi connectivity index (χ1v) is 6.82. The molecule has 0 aromatic heterocycles. The van der Waals surface area contributed by atoms with Gasteiger partial charge in [-0.25, -0.2) is 10.2 Å². The molecule has 106 valence electrons. The molecule has 0 bridgehead atoms. The van der Waals surface area contributed by atoms with E-state index in [-0.39, 0.29) is 0 Å². The second-order valence-corrected chi connectivity index (χ2v) is 7.38. The topological polar surface area (TPSA) is 50.4 Å². The molecule has 4 heteroatoms. The summed E-state index contributed by atoms with van der Waals surface area (Å²) in [5, 5.41) is 0. The van der Waals surface area contributed by atoms with Crippen molar-refractivity contribution in [3.63, 3.8) is 0 Å². The van der Waals surface area contributed by atoms with Crippen molar-refractivity contribution >= 4 is 6.09 Å². The van der Waals surface area contributed by atoms with E-state index in [1.54, 1.807) is 0 Å². The van der Waals surface area contributed by atoms with Crippen LogP contribution in [0.3, 0.4) is 0 Å². The first kappa shape index (κ1) is 15.3. The Balaban J connectivity index is 2.37. The SMILES string of the molecule is CC1CC(NNC(=O)OC(C)(C)C)CC(C)(C)C1. The predicted octanol–water partition coefficient (Wildman–Crippen LogP) is 3.23. The molecular weight excluding hydrogens is 228 g/mol. The van der Waals surface area contributed by atoms with Gasteiger partial charge in [0, 0.05) is 6.04 Å². The van der Waals surface area contributed by atoms with Crippen molar-refractivity contribution in [2.45, 2.75) is 72.4 Å². The molecule has 0 saturated heterocycles. The molecule has 0 aromatic carbocycles. The highest BCUT2D eigenvalue weighted by Gasteiger charge is 2.32. The van der Waals surface area contributed by atoms with E-state index >= 15 is 0 Å². The number of hydrazine groups is 1. The molecule has 1 rings (SSSR count). The fourth-order valence-corrected chi connectivity index (χ4v) is 2.92. The van der Waals surface area contributed by atoms with Crippen molar-refractivity contribution in [3.05, 3.63) is 0 Å². The molecule has 2 N–H and O–H groups in total. The van der Waals surface area contributed by atoms with E-state index in [1.807, 2.05) is 20.8 Å². The van der Waals surface area contributed by atoms with Crippen LogP contribution in [0.2, 0.25) is 0 Å². The van der Waals surface area contributed by atoms with Gasteiger partial charge in [-0.3, -0.25) is 5.43 Å². The van der Waals surface area contributed by atoms with Crippen LogP contribution in [-0.2, 0) is 4.74 Å². The van der Waals surface area contributed by atoms with E-state index in [1.165, 1.54) is 6.42 Å². The highest BCUT2D eigenvalue weighted by molar-refractivity contribution is 5.67. The maximum Gasteiger partial charge on any atom is 0.422 e. The highest BCUT2D eigenvalue weighted by atomic mass is 16.6. The first-order valence-electron chi connectivity index (χ1n) is 6.82. The molecule has 4 nitrogen and oxygen atoms in total. The molecular formula is C14H28N2O2. The molecule has 1 aliphatic rings. The molecule has 1 aliphatic carbocycles. The van der Waals surface area contributed by atoms with Gasteiger partial charge in [0.05, 0.1) is 0 Å². The van der Waals surface area contributed by atoms with Gasteiger partial charge in [0.25, 0.3) is 0 Å². The summed E-state index contributed by atoms with van der Waals surface area (Å²) < 4.78 is 5.20. The maximum atomic E-state index is 11.5. The van der Waals surface area contributed by atoms with Gasteiger partial charge in [0.2, 0.25) is 0 Å². The van der Waals surface area contributed by atoms with Crippen molar-refractivity contribution in [2.75, 3.05) is 0 Å². The number of carbonyl (C=O) groups excluding carboxylic acids is 1. The summed E-state index contributed by atoms with van der Waals surface area (Å²) in [4.78, 5) is 11.5. The Morgan fingerprint density at radius 2 is 1.89 bits per heavy atom. The first-order chi connectivity index (χ1) is 8.07. The minimum atomic E-state index is -0.453. The van der Waals surface area contributed by atoms with Gasteiger partial charge in [-0.05, 0) is 51.4 Å². The van der Waals surface area contributed by atoms with Crippen molar-refractivity contribution in [1.29, 1.82) is 0 Å². The summed E-state index contributed by atoms with van der Waals surface area (Å²) in [6.07, 6.45) is 3.02. The molecule has 2 atom stereocenters. The summed E-state index contributed by atoms with van der Waals surface area (Å²) in [6, 6.07) is 0.330.